The summed E-state index contributed by atoms with van der Waals surface area (Å²) < 4.78 is 9.74. The Balaban J connectivity index is 1.87. The molecule has 0 radical (unpaired) electrons. The van der Waals surface area contributed by atoms with E-state index in [1.807, 2.05) is 0 Å². The number of fused-ring (bicyclic) bond motifs is 1. The molecule has 9 heteroatoms. The van der Waals surface area contributed by atoms with Crippen molar-refractivity contribution >= 4 is 39.4 Å². The minimum Gasteiger partial charge on any atom is -0.496 e. The fraction of sp³-hybridized carbons (Fsp3) is 0.0714. The molecule has 0 spiro atoms. The van der Waals surface area contributed by atoms with Gasteiger partial charge in [-0.2, -0.15) is 5.10 Å². The van der Waals surface area contributed by atoms with Crippen molar-refractivity contribution in [3.8, 4) is 10.8 Å². The number of ether oxygens (including phenoxy) is 2. The third-order valence-corrected chi connectivity index (χ3v) is 3.92. The monoisotopic (exact) mass is 333 g/mol. The Morgan fingerprint density at radius 1 is 1.35 bits per heavy atom. The molecular weight excluding hydrogens is 322 g/mol. The van der Waals surface area contributed by atoms with Crippen molar-refractivity contribution in [2.75, 3.05) is 12.4 Å². The highest BCUT2D eigenvalue weighted by Gasteiger charge is 2.17. The van der Waals surface area contributed by atoms with E-state index >= 15 is 0 Å². The Labute approximate surface area is 133 Å². The summed E-state index contributed by atoms with van der Waals surface area (Å²) in [7, 11) is 1.48. The van der Waals surface area contributed by atoms with Crippen molar-refractivity contribution in [1.29, 1.82) is 0 Å². The van der Waals surface area contributed by atoms with Crippen LogP contribution in [0.2, 0.25) is 0 Å². The van der Waals surface area contributed by atoms with Gasteiger partial charge in [0.15, 0.2) is 10.9 Å². The Morgan fingerprint density at radius 2 is 2.13 bits per heavy atom. The number of thiophene rings is 1. The van der Waals surface area contributed by atoms with Crippen molar-refractivity contribution in [3.63, 3.8) is 0 Å². The molecule has 0 saturated heterocycles. The summed E-state index contributed by atoms with van der Waals surface area (Å²) in [6, 6.07) is 8.29. The maximum absolute atomic E-state index is 12.4. The average Bonchev–Trinajstić information content (AvgIpc) is 3.08. The first-order valence-corrected chi connectivity index (χ1v) is 7.23. The lowest BCUT2D eigenvalue weighted by Crippen LogP contribution is -2.13. The van der Waals surface area contributed by atoms with Crippen LogP contribution in [0.5, 0.6) is 10.8 Å². The number of hydrogen-bond acceptors (Lipinski definition) is 6. The number of nitrogens with zero attached hydrogens (tertiary/aromatic N) is 1. The molecular formula is C14H11N3O5S. The Bertz CT molecular complexity index is 886. The number of nitrogens with one attached hydrogen (secondary N) is 2. The van der Waals surface area contributed by atoms with E-state index in [9.17, 15) is 9.59 Å². The predicted octanol–water partition coefficient (Wildman–Crippen LogP) is 2.94. The smallest absolute Gasteiger partial charge is 0.496 e. The number of para-hydroxylation sites is 1. The summed E-state index contributed by atoms with van der Waals surface area (Å²) in [5, 5.41) is 18.8. The number of carbonyl (C=O) groups is 2. The topological polar surface area (TPSA) is 114 Å². The summed E-state index contributed by atoms with van der Waals surface area (Å²) in [6.07, 6.45) is -1.40. The van der Waals surface area contributed by atoms with Crippen LogP contribution >= 0.6 is 11.3 Å². The largest absolute Gasteiger partial charge is 0.512 e. The predicted molar refractivity (Wildman–Crippen MR) is 83.6 cm³/mol. The van der Waals surface area contributed by atoms with E-state index in [4.69, 9.17) is 9.84 Å². The molecule has 3 aromatic rings. The maximum Gasteiger partial charge on any atom is 0.512 e. The molecule has 1 aromatic carbocycles. The normalized spacial score (nSPS) is 10.5. The van der Waals surface area contributed by atoms with Crippen molar-refractivity contribution in [3.05, 3.63) is 35.9 Å². The van der Waals surface area contributed by atoms with E-state index in [2.05, 4.69) is 20.3 Å². The van der Waals surface area contributed by atoms with Gasteiger partial charge >= 0.3 is 6.16 Å². The number of carboxylic acid groups (broad SMARTS) is 1. The lowest BCUT2D eigenvalue weighted by molar-refractivity contribution is 0.102. The third-order valence-electron chi connectivity index (χ3n) is 3.01. The lowest BCUT2D eigenvalue weighted by atomic mass is 10.2. The van der Waals surface area contributed by atoms with Crippen LogP contribution < -0.4 is 14.8 Å². The van der Waals surface area contributed by atoms with Crippen LogP contribution in [0.25, 0.3) is 10.2 Å². The minimum absolute atomic E-state index is 0.189. The zero-order valence-corrected chi connectivity index (χ0v) is 12.6. The van der Waals surface area contributed by atoms with E-state index in [0.29, 0.717) is 21.5 Å². The Hall–Kier alpha value is -3.07. The number of methoxy groups -OCH3 is 1. The first-order chi connectivity index (χ1) is 11.1. The van der Waals surface area contributed by atoms with Crippen molar-refractivity contribution in [2.24, 2.45) is 0 Å². The second kappa shape index (κ2) is 5.97. The highest BCUT2D eigenvalue weighted by molar-refractivity contribution is 7.20. The zero-order chi connectivity index (χ0) is 16.4. The van der Waals surface area contributed by atoms with Crippen LogP contribution in [-0.4, -0.2) is 34.5 Å². The van der Waals surface area contributed by atoms with Crippen LogP contribution in [0, 0.1) is 0 Å². The summed E-state index contributed by atoms with van der Waals surface area (Å²) in [5.41, 5.74) is 0.364. The first kappa shape index (κ1) is 14.9. The first-order valence-electron chi connectivity index (χ1n) is 6.41. The van der Waals surface area contributed by atoms with Gasteiger partial charge in [-0.25, -0.2) is 4.79 Å². The van der Waals surface area contributed by atoms with E-state index in [1.54, 1.807) is 24.3 Å². The number of anilines is 1. The Kier molecular flexibility index (Phi) is 3.85. The van der Waals surface area contributed by atoms with Gasteiger partial charge in [0.2, 0.25) is 0 Å². The molecule has 0 unspecified atom stereocenters. The summed E-state index contributed by atoms with van der Waals surface area (Å²) in [5.74, 6) is 0.340. The summed E-state index contributed by atoms with van der Waals surface area (Å²) in [4.78, 5) is 23.5. The van der Waals surface area contributed by atoms with E-state index in [0.717, 1.165) is 11.3 Å². The second-order valence-electron chi connectivity index (χ2n) is 4.40. The van der Waals surface area contributed by atoms with Gasteiger partial charge in [0, 0.05) is 6.07 Å². The molecule has 0 saturated carbocycles. The fourth-order valence-corrected chi connectivity index (χ4v) is 2.88. The molecule has 1 amide bonds. The number of H-pyrrole nitrogens is 1. The van der Waals surface area contributed by atoms with E-state index < -0.39 is 6.16 Å². The van der Waals surface area contributed by atoms with Gasteiger partial charge in [0.25, 0.3) is 5.91 Å². The minimum atomic E-state index is -1.40. The van der Waals surface area contributed by atoms with Gasteiger partial charge in [0.05, 0.1) is 18.1 Å². The van der Waals surface area contributed by atoms with Crippen LogP contribution in [0.15, 0.2) is 30.3 Å². The van der Waals surface area contributed by atoms with Crippen molar-refractivity contribution in [1.82, 2.24) is 10.2 Å². The number of hydrogen-bond donors (Lipinski definition) is 3. The number of rotatable bonds is 4. The molecule has 2 aromatic heterocycles. The number of aromatic nitrogens is 2. The molecule has 23 heavy (non-hydrogen) atoms. The summed E-state index contributed by atoms with van der Waals surface area (Å²) >= 11 is 1.08. The highest BCUT2D eigenvalue weighted by Crippen LogP contribution is 2.34. The lowest BCUT2D eigenvalue weighted by Gasteiger charge is -2.07. The number of amides is 1. The molecule has 0 bridgehead atoms. The number of benzene rings is 1. The average molecular weight is 333 g/mol. The number of carbonyl (C=O) groups excluding carboxylic acids is 1. The molecule has 0 aliphatic heterocycles. The van der Waals surface area contributed by atoms with Gasteiger partial charge < -0.3 is 19.9 Å². The third kappa shape index (κ3) is 2.94. The van der Waals surface area contributed by atoms with Crippen LogP contribution in [0.1, 0.15) is 10.4 Å². The zero-order valence-electron chi connectivity index (χ0n) is 11.8. The molecule has 0 fully saturated rings. The standard InChI is InChI=1S/C14H11N3O5S/c1-21-9-5-3-2-4-7(9)12(18)15-11-8-6-10(22-14(19)20)23-13(8)17-16-11/h2-6H,1H3,(H,19,20)(H2,15,16,17,18). The van der Waals surface area contributed by atoms with Crippen LogP contribution in [0.3, 0.4) is 0 Å². The van der Waals surface area contributed by atoms with Gasteiger partial charge in [-0.15, -0.1) is 0 Å². The van der Waals surface area contributed by atoms with E-state index in [1.165, 1.54) is 13.2 Å². The SMILES string of the molecule is COc1ccccc1C(=O)Nc1n[nH]c2sc(OC(=O)O)cc12. The fourth-order valence-electron chi connectivity index (χ4n) is 2.03. The van der Waals surface area contributed by atoms with Gasteiger partial charge in [0.1, 0.15) is 10.6 Å². The molecule has 3 N–H and O–H groups in total. The molecule has 3 rings (SSSR count). The van der Waals surface area contributed by atoms with E-state index in [-0.39, 0.29) is 16.8 Å². The molecule has 118 valence electrons. The number of aromatic amines is 1. The van der Waals surface area contributed by atoms with Crippen LogP contribution in [-0.2, 0) is 0 Å². The summed E-state index contributed by atoms with van der Waals surface area (Å²) in [6.45, 7) is 0. The van der Waals surface area contributed by atoms with Crippen molar-refractivity contribution < 1.29 is 24.2 Å². The molecule has 8 nitrogen and oxygen atoms in total. The second-order valence-corrected chi connectivity index (χ2v) is 5.42. The molecule has 0 atom stereocenters. The molecule has 0 aliphatic rings. The quantitative estimate of drug-likeness (QED) is 0.633. The van der Waals surface area contributed by atoms with Gasteiger partial charge in [-0.05, 0) is 12.1 Å². The van der Waals surface area contributed by atoms with Gasteiger partial charge in [-0.1, -0.05) is 23.5 Å². The maximum atomic E-state index is 12.4. The molecule has 0 aliphatic carbocycles. The van der Waals surface area contributed by atoms with Gasteiger partial charge in [-0.3, -0.25) is 9.89 Å². The van der Waals surface area contributed by atoms with Crippen LogP contribution in [0.4, 0.5) is 10.6 Å². The Morgan fingerprint density at radius 3 is 2.87 bits per heavy atom. The van der Waals surface area contributed by atoms with Crippen molar-refractivity contribution in [2.45, 2.75) is 0 Å². The highest BCUT2D eigenvalue weighted by atomic mass is 32.1. The molecule has 2 heterocycles.